The zero-order chi connectivity index (χ0) is 14.1. The summed E-state index contributed by atoms with van der Waals surface area (Å²) < 4.78 is 75.9. The molecular weight excluding hydrogens is 254 g/mol. The number of hydrogen-bond donors (Lipinski definition) is 1. The smallest absolute Gasteiger partial charge is 0.402 e. The molecule has 1 unspecified atom stereocenters. The van der Waals surface area contributed by atoms with E-state index in [9.17, 15) is 31.1 Å². The van der Waals surface area contributed by atoms with Crippen LogP contribution in [0.3, 0.4) is 0 Å². The fourth-order valence-electron chi connectivity index (χ4n) is 0.847. The Morgan fingerprint density at radius 1 is 1.24 bits per heavy atom. The molecule has 0 heterocycles. The van der Waals surface area contributed by atoms with E-state index in [1.54, 1.807) is 0 Å². The monoisotopic (exact) mass is 264 g/mol. The van der Waals surface area contributed by atoms with Gasteiger partial charge in [-0.25, -0.2) is 18.0 Å². The van der Waals surface area contributed by atoms with Gasteiger partial charge in [-0.2, -0.15) is 13.2 Å². The van der Waals surface area contributed by atoms with Crippen molar-refractivity contribution in [2.45, 2.75) is 25.9 Å². The molecule has 8 heteroatoms. The van der Waals surface area contributed by atoms with E-state index in [4.69, 9.17) is 5.11 Å². The molecule has 0 aromatic heterocycles. The van der Waals surface area contributed by atoms with Gasteiger partial charge in [0.25, 0.3) is 5.92 Å². The van der Waals surface area contributed by atoms with Crippen LogP contribution in [0.25, 0.3) is 0 Å². The molecule has 0 saturated heterocycles. The van der Waals surface area contributed by atoms with Crippen LogP contribution in [0, 0.1) is 5.41 Å². The van der Waals surface area contributed by atoms with Crippen LogP contribution in [0.1, 0.15) is 13.8 Å². The third-order valence-electron chi connectivity index (χ3n) is 2.36. The summed E-state index contributed by atoms with van der Waals surface area (Å²) in [5.74, 6) is -6.45. The van der Waals surface area contributed by atoms with E-state index in [0.717, 1.165) is 0 Å². The highest BCUT2D eigenvalue weighted by atomic mass is 19.4. The van der Waals surface area contributed by atoms with Gasteiger partial charge in [0.15, 0.2) is 5.41 Å². The number of aliphatic carboxylic acids is 1. The van der Waals surface area contributed by atoms with Crippen LogP contribution in [0.2, 0.25) is 0 Å². The fraction of sp³-hybridized carbons (Fsp3) is 0.667. The lowest BCUT2D eigenvalue weighted by atomic mass is 9.83. The molecule has 0 amide bonds. The minimum absolute atomic E-state index is 0.00136. The second-order valence-corrected chi connectivity index (χ2v) is 3.72. The first-order valence-corrected chi connectivity index (χ1v) is 4.32. The molecule has 0 bridgehead atoms. The van der Waals surface area contributed by atoms with Crippen molar-refractivity contribution in [1.29, 1.82) is 0 Å². The summed E-state index contributed by atoms with van der Waals surface area (Å²) in [4.78, 5) is 10.3. The summed E-state index contributed by atoms with van der Waals surface area (Å²) >= 11 is 0. The maximum Gasteiger partial charge on any atom is 0.402 e. The molecule has 0 aliphatic rings. The highest BCUT2D eigenvalue weighted by molar-refractivity contribution is 5.86. The van der Waals surface area contributed by atoms with Crippen LogP contribution in [0.4, 0.5) is 26.3 Å². The Morgan fingerprint density at radius 2 is 1.65 bits per heavy atom. The van der Waals surface area contributed by atoms with E-state index in [2.05, 4.69) is 0 Å². The summed E-state index contributed by atoms with van der Waals surface area (Å²) in [6.07, 6.45) is -5.89. The summed E-state index contributed by atoms with van der Waals surface area (Å²) in [5, 5.41) is 8.31. The van der Waals surface area contributed by atoms with Crippen molar-refractivity contribution in [3.63, 3.8) is 0 Å². The molecule has 100 valence electrons. The van der Waals surface area contributed by atoms with Gasteiger partial charge in [-0.1, -0.05) is 0 Å². The summed E-state index contributed by atoms with van der Waals surface area (Å²) in [6, 6.07) is 0. The van der Waals surface area contributed by atoms with E-state index in [-0.39, 0.29) is 13.0 Å². The second kappa shape index (κ2) is 4.58. The van der Waals surface area contributed by atoms with Gasteiger partial charge in [0.05, 0.1) is 0 Å². The minimum Gasteiger partial charge on any atom is -0.478 e. The number of carboxylic acids is 1. The molecular formula is C9H10F6O2. The molecule has 0 aliphatic carbocycles. The molecule has 17 heavy (non-hydrogen) atoms. The first kappa shape index (κ1) is 15.8. The van der Waals surface area contributed by atoms with Crippen molar-refractivity contribution in [2.24, 2.45) is 5.41 Å². The van der Waals surface area contributed by atoms with Crippen LogP contribution >= 0.6 is 0 Å². The van der Waals surface area contributed by atoms with E-state index in [1.807, 2.05) is 0 Å². The SMILES string of the molecule is CC(=CC(F)(F)C(C)(CF)C(F)(F)F)C(=O)O. The zero-order valence-corrected chi connectivity index (χ0v) is 8.91. The van der Waals surface area contributed by atoms with E-state index in [1.165, 1.54) is 0 Å². The van der Waals surface area contributed by atoms with Crippen LogP contribution < -0.4 is 0 Å². The largest absolute Gasteiger partial charge is 0.478 e. The molecule has 0 fully saturated rings. The molecule has 1 N–H and O–H groups in total. The molecule has 0 saturated carbocycles. The molecule has 1 atom stereocenters. The number of halogens is 6. The number of hydrogen-bond acceptors (Lipinski definition) is 1. The maximum atomic E-state index is 13.3. The first-order chi connectivity index (χ1) is 7.39. The minimum atomic E-state index is -5.50. The molecule has 2 nitrogen and oxygen atoms in total. The lowest BCUT2D eigenvalue weighted by Gasteiger charge is -2.34. The Bertz CT molecular complexity index is 333. The van der Waals surface area contributed by atoms with Gasteiger partial charge in [-0.05, 0) is 19.9 Å². The number of rotatable bonds is 4. The highest BCUT2D eigenvalue weighted by Gasteiger charge is 2.65. The predicted octanol–water partition coefficient (Wildman–Crippen LogP) is 3.19. The quantitative estimate of drug-likeness (QED) is 0.625. The maximum absolute atomic E-state index is 13.3. The third-order valence-corrected chi connectivity index (χ3v) is 2.36. The van der Waals surface area contributed by atoms with Gasteiger partial charge < -0.3 is 5.11 Å². The van der Waals surface area contributed by atoms with Gasteiger partial charge in [0.1, 0.15) is 6.67 Å². The summed E-state index contributed by atoms with van der Waals surface area (Å²) in [6.45, 7) is -1.66. The Morgan fingerprint density at radius 3 is 1.88 bits per heavy atom. The van der Waals surface area contributed by atoms with Crippen LogP contribution in [0.5, 0.6) is 0 Å². The number of alkyl halides is 6. The zero-order valence-electron chi connectivity index (χ0n) is 8.91. The number of carboxylic acid groups (broad SMARTS) is 1. The summed E-state index contributed by atoms with van der Waals surface area (Å²) in [7, 11) is 0. The molecule has 0 aromatic carbocycles. The molecule has 0 radical (unpaired) electrons. The molecule has 0 aliphatic heterocycles. The van der Waals surface area contributed by atoms with Gasteiger partial charge >= 0.3 is 12.1 Å². The van der Waals surface area contributed by atoms with Crippen LogP contribution in [-0.4, -0.2) is 29.8 Å². The molecule has 0 aromatic rings. The summed E-state index contributed by atoms with van der Waals surface area (Å²) in [5.41, 5.74) is -4.93. The van der Waals surface area contributed by atoms with Crippen LogP contribution in [-0.2, 0) is 4.79 Å². The second-order valence-electron chi connectivity index (χ2n) is 3.72. The average molecular weight is 264 g/mol. The molecule has 0 spiro atoms. The van der Waals surface area contributed by atoms with Crippen molar-refractivity contribution in [3.8, 4) is 0 Å². The number of allylic oxidation sites excluding steroid dienone is 1. The van der Waals surface area contributed by atoms with Crippen molar-refractivity contribution in [1.82, 2.24) is 0 Å². The van der Waals surface area contributed by atoms with E-state index >= 15 is 0 Å². The lowest BCUT2D eigenvalue weighted by molar-refractivity contribution is -0.282. The van der Waals surface area contributed by atoms with Crippen molar-refractivity contribution < 1.29 is 36.2 Å². The van der Waals surface area contributed by atoms with Crippen LogP contribution in [0.15, 0.2) is 11.6 Å². The predicted molar refractivity (Wildman–Crippen MR) is 46.5 cm³/mol. The fourth-order valence-corrected chi connectivity index (χ4v) is 0.847. The van der Waals surface area contributed by atoms with E-state index in [0.29, 0.717) is 6.92 Å². The standard InChI is InChI=1S/C9H10F6O2/c1-5(6(16)17)3-8(11,12)7(2,4-10)9(13,14)15/h3H,4H2,1-2H3,(H,16,17). The van der Waals surface area contributed by atoms with Gasteiger partial charge in [-0.3, -0.25) is 0 Å². The lowest BCUT2D eigenvalue weighted by Crippen LogP contribution is -2.51. The van der Waals surface area contributed by atoms with Gasteiger partial charge in [0, 0.05) is 5.57 Å². The van der Waals surface area contributed by atoms with Crippen molar-refractivity contribution in [2.75, 3.05) is 6.67 Å². The van der Waals surface area contributed by atoms with Crippen molar-refractivity contribution >= 4 is 5.97 Å². The molecule has 0 rings (SSSR count). The Balaban J connectivity index is 5.57. The average Bonchev–Trinajstić information content (AvgIpc) is 2.13. The topological polar surface area (TPSA) is 37.3 Å². The Labute approximate surface area is 92.9 Å². The Hall–Kier alpha value is -1.21. The third kappa shape index (κ3) is 2.92. The van der Waals surface area contributed by atoms with Gasteiger partial charge in [0.2, 0.25) is 0 Å². The number of carbonyl (C=O) groups is 1. The van der Waals surface area contributed by atoms with Crippen molar-refractivity contribution in [3.05, 3.63) is 11.6 Å². The normalized spacial score (nSPS) is 17.8. The van der Waals surface area contributed by atoms with Gasteiger partial charge in [-0.15, -0.1) is 0 Å². The highest BCUT2D eigenvalue weighted by Crippen LogP contribution is 2.50. The Kier molecular flexibility index (Phi) is 4.25. The van der Waals surface area contributed by atoms with E-state index < -0.39 is 35.7 Å². The first-order valence-electron chi connectivity index (χ1n) is 4.32.